The van der Waals surface area contributed by atoms with Gasteiger partial charge in [0, 0.05) is 5.39 Å². The maximum Gasteiger partial charge on any atom is 0.485 e. The summed E-state index contributed by atoms with van der Waals surface area (Å²) < 4.78 is 75.5. The van der Waals surface area contributed by atoms with E-state index in [2.05, 4.69) is 60.7 Å². The van der Waals surface area contributed by atoms with E-state index < -0.39 is 15.6 Å². The number of fused-ring (bicyclic) bond motifs is 1. The van der Waals surface area contributed by atoms with Crippen molar-refractivity contribution in [1.29, 1.82) is 0 Å². The summed E-state index contributed by atoms with van der Waals surface area (Å²) >= 11 is 0. The SMILES string of the molecule is COc1ccc([S+](c2ccc(OC)cc2)c2c(OC)ccc3ccccc23)cc1.O=S(=O)([O-])C(F)(F)F. The van der Waals surface area contributed by atoms with Crippen molar-refractivity contribution in [1.82, 2.24) is 0 Å². The van der Waals surface area contributed by atoms with Crippen LogP contribution in [0.3, 0.4) is 0 Å². The van der Waals surface area contributed by atoms with Crippen molar-refractivity contribution in [2.24, 2.45) is 0 Å². The molecule has 4 aromatic rings. The van der Waals surface area contributed by atoms with E-state index >= 15 is 0 Å². The van der Waals surface area contributed by atoms with Gasteiger partial charge in [-0.3, -0.25) is 0 Å². The molecule has 0 aromatic heterocycles. The smallest absolute Gasteiger partial charge is 0.485 e. The van der Waals surface area contributed by atoms with Crippen LogP contribution in [0.5, 0.6) is 17.2 Å². The Bertz CT molecular complexity index is 1390. The van der Waals surface area contributed by atoms with Crippen LogP contribution in [0.15, 0.2) is 99.6 Å². The number of methoxy groups -OCH3 is 3. The van der Waals surface area contributed by atoms with Gasteiger partial charge < -0.3 is 18.8 Å². The minimum Gasteiger partial charge on any atom is -0.741 e. The minimum atomic E-state index is -6.09. The topological polar surface area (TPSA) is 84.9 Å². The fraction of sp³-hybridized carbons (Fsp3) is 0.154. The Morgan fingerprint density at radius 3 is 1.57 bits per heavy atom. The highest BCUT2D eigenvalue weighted by atomic mass is 32.2. The molecule has 37 heavy (non-hydrogen) atoms. The Kier molecular flexibility index (Phi) is 8.95. The van der Waals surface area contributed by atoms with Crippen LogP contribution in [0.4, 0.5) is 13.2 Å². The first-order chi connectivity index (χ1) is 17.5. The van der Waals surface area contributed by atoms with E-state index in [0.29, 0.717) is 0 Å². The van der Waals surface area contributed by atoms with Crippen LogP contribution >= 0.6 is 0 Å². The molecule has 6 nitrogen and oxygen atoms in total. The van der Waals surface area contributed by atoms with Crippen molar-refractivity contribution < 1.29 is 40.4 Å². The Balaban J connectivity index is 0.000000414. The number of ether oxygens (including phenoxy) is 3. The first-order valence-electron chi connectivity index (χ1n) is 10.6. The molecule has 0 bridgehead atoms. The molecule has 0 saturated carbocycles. The number of hydrogen-bond acceptors (Lipinski definition) is 6. The van der Waals surface area contributed by atoms with Crippen LogP contribution in [0.25, 0.3) is 10.8 Å². The van der Waals surface area contributed by atoms with Crippen molar-refractivity contribution >= 4 is 31.8 Å². The first-order valence-corrected chi connectivity index (χ1v) is 13.2. The van der Waals surface area contributed by atoms with E-state index in [0.717, 1.165) is 17.2 Å². The second kappa shape index (κ2) is 11.8. The summed E-state index contributed by atoms with van der Waals surface area (Å²) in [5.74, 6) is 2.58. The molecule has 0 atom stereocenters. The quantitative estimate of drug-likeness (QED) is 0.165. The lowest BCUT2D eigenvalue weighted by molar-refractivity contribution is -0.0517. The van der Waals surface area contributed by atoms with Gasteiger partial charge in [-0.25, -0.2) is 8.42 Å². The van der Waals surface area contributed by atoms with Crippen LogP contribution in [0.2, 0.25) is 0 Å². The molecule has 0 amide bonds. The highest BCUT2D eigenvalue weighted by Gasteiger charge is 2.37. The molecule has 0 spiro atoms. The van der Waals surface area contributed by atoms with Crippen molar-refractivity contribution in [3.05, 3.63) is 84.9 Å². The number of halogens is 3. The Morgan fingerprint density at radius 2 is 1.16 bits per heavy atom. The number of rotatable bonds is 6. The van der Waals surface area contributed by atoms with Crippen LogP contribution < -0.4 is 14.2 Å². The third-order valence-corrected chi connectivity index (χ3v) is 8.02. The second-order valence-corrected chi connectivity index (χ2v) is 10.7. The van der Waals surface area contributed by atoms with Gasteiger partial charge in [0.15, 0.2) is 25.7 Å². The molecule has 4 aromatic carbocycles. The van der Waals surface area contributed by atoms with E-state index in [1.165, 1.54) is 25.5 Å². The number of hydrogen-bond donors (Lipinski definition) is 0. The summed E-state index contributed by atoms with van der Waals surface area (Å²) in [5.41, 5.74) is -5.65. The molecule has 0 fully saturated rings. The molecule has 4 rings (SSSR count). The van der Waals surface area contributed by atoms with Gasteiger partial charge in [-0.05, 0) is 66.0 Å². The van der Waals surface area contributed by atoms with Gasteiger partial charge >= 0.3 is 5.51 Å². The van der Waals surface area contributed by atoms with Crippen molar-refractivity contribution in [2.45, 2.75) is 20.2 Å². The van der Waals surface area contributed by atoms with Gasteiger partial charge in [-0.15, -0.1) is 0 Å². The summed E-state index contributed by atoms with van der Waals surface area (Å²) in [5, 5.41) is 2.39. The van der Waals surface area contributed by atoms with E-state index in [-0.39, 0.29) is 10.9 Å². The zero-order valence-electron chi connectivity index (χ0n) is 20.0. The Labute approximate surface area is 215 Å². The lowest BCUT2D eigenvalue weighted by atomic mass is 10.1. The maximum absolute atomic E-state index is 10.7. The normalized spacial score (nSPS) is 11.6. The molecule has 0 heterocycles. The van der Waals surface area contributed by atoms with Crippen LogP contribution in [0, 0.1) is 0 Å². The van der Waals surface area contributed by atoms with Gasteiger partial charge in [0.05, 0.1) is 21.3 Å². The molecule has 0 aliphatic heterocycles. The van der Waals surface area contributed by atoms with E-state index in [9.17, 15) is 13.2 Å². The highest BCUT2D eigenvalue weighted by Crippen LogP contribution is 2.41. The number of alkyl halides is 3. The molecular formula is C26H23F3O6S2. The highest BCUT2D eigenvalue weighted by molar-refractivity contribution is 7.97. The lowest BCUT2D eigenvalue weighted by Gasteiger charge is -2.14. The summed E-state index contributed by atoms with van der Waals surface area (Å²) in [7, 11) is -1.34. The summed E-state index contributed by atoms with van der Waals surface area (Å²) in [4.78, 5) is 3.58. The van der Waals surface area contributed by atoms with Gasteiger partial charge in [-0.2, -0.15) is 13.2 Å². The van der Waals surface area contributed by atoms with E-state index in [1.54, 1.807) is 21.3 Å². The van der Waals surface area contributed by atoms with E-state index in [4.69, 9.17) is 27.2 Å². The molecule has 0 N–H and O–H groups in total. The molecule has 196 valence electrons. The summed E-state index contributed by atoms with van der Waals surface area (Å²) in [6.45, 7) is 0. The number of benzene rings is 4. The van der Waals surface area contributed by atoms with E-state index in [1.807, 2.05) is 24.3 Å². The predicted molar refractivity (Wildman–Crippen MR) is 134 cm³/mol. The molecule has 0 aliphatic rings. The largest absolute Gasteiger partial charge is 0.741 e. The molecule has 0 radical (unpaired) electrons. The molecule has 11 heteroatoms. The summed E-state index contributed by atoms with van der Waals surface area (Å²) in [6, 6.07) is 29.2. The molecule has 0 unspecified atom stereocenters. The van der Waals surface area contributed by atoms with Crippen LogP contribution in [-0.2, 0) is 21.0 Å². The fourth-order valence-electron chi connectivity index (χ4n) is 3.39. The zero-order valence-corrected chi connectivity index (χ0v) is 21.6. The van der Waals surface area contributed by atoms with Crippen molar-refractivity contribution in [3.8, 4) is 17.2 Å². The first kappa shape index (κ1) is 28.2. The fourth-order valence-corrected chi connectivity index (χ4v) is 5.71. The average Bonchev–Trinajstić information content (AvgIpc) is 2.89. The van der Waals surface area contributed by atoms with Gasteiger partial charge in [-0.1, -0.05) is 24.3 Å². The Morgan fingerprint density at radius 1 is 0.703 bits per heavy atom. The van der Waals surface area contributed by atoms with Crippen LogP contribution in [-0.4, -0.2) is 39.8 Å². The minimum absolute atomic E-state index is 0.357. The van der Waals surface area contributed by atoms with Gasteiger partial charge in [0.25, 0.3) is 0 Å². The third kappa shape index (κ3) is 6.68. The molecular weight excluding hydrogens is 529 g/mol. The molecule has 0 aliphatic carbocycles. The van der Waals surface area contributed by atoms with Crippen molar-refractivity contribution in [3.63, 3.8) is 0 Å². The van der Waals surface area contributed by atoms with Crippen molar-refractivity contribution in [2.75, 3.05) is 21.3 Å². The maximum atomic E-state index is 10.7. The monoisotopic (exact) mass is 552 g/mol. The molecule has 0 saturated heterocycles. The van der Waals surface area contributed by atoms with Gasteiger partial charge in [0.1, 0.15) is 22.4 Å². The zero-order chi connectivity index (χ0) is 27.2. The van der Waals surface area contributed by atoms with Gasteiger partial charge in [0.2, 0.25) is 4.90 Å². The summed E-state index contributed by atoms with van der Waals surface area (Å²) in [6.07, 6.45) is 0. The predicted octanol–water partition coefficient (Wildman–Crippen LogP) is 6.01. The second-order valence-electron chi connectivity index (χ2n) is 7.38. The lowest BCUT2D eigenvalue weighted by Crippen LogP contribution is -2.21. The Hall–Kier alpha value is -3.41. The third-order valence-electron chi connectivity index (χ3n) is 5.14. The average molecular weight is 553 g/mol. The van der Waals surface area contributed by atoms with Crippen LogP contribution in [0.1, 0.15) is 0 Å². The standard InChI is InChI=1S/C25H23O3S.CHF3O3S/c1-26-19-9-13-21(14-10-19)29(22-15-11-20(27-2)12-16-22)25-23-7-5-4-6-18(23)8-17-24(25)28-3;2-1(3,4)8(5,6)7/h4-17H,1-3H3;(H,5,6,7)/q+1;/p-1.